The van der Waals surface area contributed by atoms with Gasteiger partial charge in [0.05, 0.1) is 11.2 Å². The van der Waals surface area contributed by atoms with Crippen LogP contribution in [0, 0.1) is 0 Å². The van der Waals surface area contributed by atoms with Crippen LogP contribution in [0.3, 0.4) is 0 Å². The third kappa shape index (κ3) is 2.67. The third-order valence-electron chi connectivity index (χ3n) is 3.41. The lowest BCUT2D eigenvalue weighted by molar-refractivity contribution is 0.361. The van der Waals surface area contributed by atoms with Crippen molar-refractivity contribution in [2.24, 2.45) is 5.73 Å². The Kier molecular flexibility index (Phi) is 3.84. The van der Waals surface area contributed by atoms with Crippen molar-refractivity contribution < 1.29 is 4.52 Å². The second kappa shape index (κ2) is 5.75. The zero-order valence-electron chi connectivity index (χ0n) is 10.7. The van der Waals surface area contributed by atoms with Crippen LogP contribution in [0.1, 0.15) is 41.3 Å². The van der Waals surface area contributed by atoms with Crippen molar-refractivity contribution in [2.45, 2.75) is 24.0 Å². The summed E-state index contributed by atoms with van der Waals surface area (Å²) >= 11 is 1.91. The van der Waals surface area contributed by atoms with Gasteiger partial charge in [-0.25, -0.2) is 0 Å². The molecule has 100 valence electrons. The zero-order chi connectivity index (χ0) is 13.1. The van der Waals surface area contributed by atoms with E-state index < -0.39 is 0 Å². The summed E-state index contributed by atoms with van der Waals surface area (Å²) in [4.78, 5) is 4.56. The van der Waals surface area contributed by atoms with Gasteiger partial charge >= 0.3 is 0 Å². The summed E-state index contributed by atoms with van der Waals surface area (Å²) in [5, 5.41) is 4.53. The molecule has 2 heterocycles. The van der Waals surface area contributed by atoms with Gasteiger partial charge in [0, 0.05) is 6.54 Å². The second-order valence-electron chi connectivity index (χ2n) is 4.69. The van der Waals surface area contributed by atoms with Gasteiger partial charge < -0.3 is 10.3 Å². The Labute approximate surface area is 116 Å². The molecule has 4 nitrogen and oxygen atoms in total. The molecular formula is C14H17N3OS. The minimum atomic E-state index is -0.00569. The maximum absolute atomic E-state index is 5.87. The number of rotatable bonds is 4. The fourth-order valence-corrected chi connectivity index (χ4v) is 3.56. The maximum Gasteiger partial charge on any atom is 0.235 e. The normalized spacial score (nSPS) is 20.6. The highest BCUT2D eigenvalue weighted by Gasteiger charge is 2.25. The SMILES string of the molecule is NCC(c1ccccc1)c1nc(C2CCCS2)no1. The molecule has 2 aromatic rings. The van der Waals surface area contributed by atoms with E-state index in [1.165, 1.54) is 12.2 Å². The molecule has 1 fully saturated rings. The van der Waals surface area contributed by atoms with Gasteiger partial charge in [-0.3, -0.25) is 0 Å². The van der Waals surface area contributed by atoms with E-state index in [0.29, 0.717) is 17.7 Å². The standard InChI is InChI=1S/C14H17N3OS/c15-9-11(10-5-2-1-3-6-10)14-16-13(17-18-14)12-7-4-8-19-12/h1-3,5-6,11-12H,4,7-9,15H2. The van der Waals surface area contributed by atoms with Gasteiger partial charge in [0.1, 0.15) is 0 Å². The van der Waals surface area contributed by atoms with E-state index in [1.807, 2.05) is 42.1 Å². The summed E-state index contributed by atoms with van der Waals surface area (Å²) in [6, 6.07) is 10.1. The third-order valence-corrected chi connectivity index (χ3v) is 4.78. The molecule has 0 radical (unpaired) electrons. The van der Waals surface area contributed by atoms with Crippen molar-refractivity contribution in [3.63, 3.8) is 0 Å². The molecule has 1 aliphatic rings. The Morgan fingerprint density at radius 3 is 2.89 bits per heavy atom. The van der Waals surface area contributed by atoms with Crippen LogP contribution in [0.5, 0.6) is 0 Å². The molecule has 0 saturated carbocycles. The summed E-state index contributed by atoms with van der Waals surface area (Å²) in [6.45, 7) is 0.476. The van der Waals surface area contributed by atoms with Crippen molar-refractivity contribution in [3.05, 3.63) is 47.6 Å². The zero-order valence-corrected chi connectivity index (χ0v) is 11.5. The highest BCUT2D eigenvalue weighted by atomic mass is 32.2. The van der Waals surface area contributed by atoms with Gasteiger partial charge in [-0.05, 0) is 24.2 Å². The second-order valence-corrected chi connectivity index (χ2v) is 6.00. The summed E-state index contributed by atoms with van der Waals surface area (Å²) in [6.07, 6.45) is 2.38. The average molecular weight is 275 g/mol. The number of hydrogen-bond donors (Lipinski definition) is 1. The van der Waals surface area contributed by atoms with Crippen molar-refractivity contribution in [1.82, 2.24) is 10.1 Å². The predicted molar refractivity (Wildman–Crippen MR) is 76.1 cm³/mol. The molecule has 0 spiro atoms. The molecule has 0 aliphatic carbocycles. The summed E-state index contributed by atoms with van der Waals surface area (Å²) in [5.41, 5.74) is 6.99. The Morgan fingerprint density at radius 1 is 1.37 bits per heavy atom. The van der Waals surface area contributed by atoms with E-state index >= 15 is 0 Å². The van der Waals surface area contributed by atoms with Crippen LogP contribution in [0.25, 0.3) is 0 Å². The first-order valence-corrected chi connectivity index (χ1v) is 7.63. The molecule has 1 saturated heterocycles. The van der Waals surface area contributed by atoms with E-state index in [1.54, 1.807) is 0 Å². The van der Waals surface area contributed by atoms with E-state index in [2.05, 4.69) is 10.1 Å². The van der Waals surface area contributed by atoms with Crippen molar-refractivity contribution in [2.75, 3.05) is 12.3 Å². The van der Waals surface area contributed by atoms with Gasteiger partial charge in [-0.1, -0.05) is 35.5 Å². The first-order valence-electron chi connectivity index (χ1n) is 6.58. The molecular weight excluding hydrogens is 258 g/mol. The summed E-state index contributed by atoms with van der Waals surface area (Å²) < 4.78 is 5.43. The predicted octanol–water partition coefficient (Wildman–Crippen LogP) is 2.73. The van der Waals surface area contributed by atoms with E-state index in [-0.39, 0.29) is 5.92 Å². The van der Waals surface area contributed by atoms with Crippen LogP contribution in [0.4, 0.5) is 0 Å². The number of nitrogens with two attached hydrogens (primary N) is 1. The molecule has 1 aliphatic heterocycles. The van der Waals surface area contributed by atoms with Crippen molar-refractivity contribution >= 4 is 11.8 Å². The molecule has 2 N–H and O–H groups in total. The Bertz CT molecular complexity index is 522. The minimum Gasteiger partial charge on any atom is -0.339 e. The minimum absolute atomic E-state index is 0.00569. The fourth-order valence-electron chi connectivity index (χ4n) is 2.37. The lowest BCUT2D eigenvalue weighted by Gasteiger charge is -2.09. The van der Waals surface area contributed by atoms with Crippen LogP contribution in [0.15, 0.2) is 34.9 Å². The quantitative estimate of drug-likeness (QED) is 0.929. The smallest absolute Gasteiger partial charge is 0.235 e. The highest BCUT2D eigenvalue weighted by molar-refractivity contribution is 7.99. The number of thioether (sulfide) groups is 1. The van der Waals surface area contributed by atoms with Crippen LogP contribution >= 0.6 is 11.8 Å². The molecule has 2 unspecified atom stereocenters. The summed E-state index contributed by atoms with van der Waals surface area (Å²) in [5.74, 6) is 2.64. The van der Waals surface area contributed by atoms with Crippen LogP contribution in [0.2, 0.25) is 0 Å². The molecule has 5 heteroatoms. The number of aromatic nitrogens is 2. The molecule has 0 bridgehead atoms. The fraction of sp³-hybridized carbons (Fsp3) is 0.429. The highest BCUT2D eigenvalue weighted by Crippen LogP contribution is 2.38. The van der Waals surface area contributed by atoms with Gasteiger partial charge in [0.25, 0.3) is 0 Å². The monoisotopic (exact) mass is 275 g/mol. The average Bonchev–Trinajstić information content (AvgIpc) is 3.11. The van der Waals surface area contributed by atoms with Crippen LogP contribution in [-0.2, 0) is 0 Å². The first-order chi connectivity index (χ1) is 9.38. The molecule has 3 rings (SSSR count). The molecule has 1 aromatic heterocycles. The van der Waals surface area contributed by atoms with Gasteiger partial charge in [-0.2, -0.15) is 16.7 Å². The molecule has 2 atom stereocenters. The molecule has 0 amide bonds. The molecule has 19 heavy (non-hydrogen) atoms. The lowest BCUT2D eigenvalue weighted by Crippen LogP contribution is -2.14. The number of benzene rings is 1. The van der Waals surface area contributed by atoms with E-state index in [0.717, 1.165) is 17.8 Å². The Balaban J connectivity index is 1.84. The topological polar surface area (TPSA) is 64.9 Å². The van der Waals surface area contributed by atoms with Crippen LogP contribution in [-0.4, -0.2) is 22.4 Å². The number of hydrogen-bond acceptors (Lipinski definition) is 5. The van der Waals surface area contributed by atoms with Crippen molar-refractivity contribution in [1.29, 1.82) is 0 Å². The maximum atomic E-state index is 5.87. The van der Waals surface area contributed by atoms with Gasteiger partial charge in [0.2, 0.25) is 5.89 Å². The largest absolute Gasteiger partial charge is 0.339 e. The Hall–Kier alpha value is -1.33. The summed E-state index contributed by atoms with van der Waals surface area (Å²) in [7, 11) is 0. The Morgan fingerprint density at radius 2 is 2.21 bits per heavy atom. The van der Waals surface area contributed by atoms with E-state index in [4.69, 9.17) is 10.3 Å². The molecule has 1 aromatic carbocycles. The number of nitrogens with zero attached hydrogens (tertiary/aromatic N) is 2. The van der Waals surface area contributed by atoms with E-state index in [9.17, 15) is 0 Å². The van der Waals surface area contributed by atoms with Crippen molar-refractivity contribution in [3.8, 4) is 0 Å². The first kappa shape index (κ1) is 12.7. The lowest BCUT2D eigenvalue weighted by atomic mass is 9.99. The van der Waals surface area contributed by atoms with Gasteiger partial charge in [-0.15, -0.1) is 0 Å². The van der Waals surface area contributed by atoms with Crippen LogP contribution < -0.4 is 5.73 Å². The van der Waals surface area contributed by atoms with Gasteiger partial charge in [0.15, 0.2) is 5.82 Å².